The molecule has 0 unspecified atom stereocenters. The highest BCUT2D eigenvalue weighted by atomic mass is 35.5. The zero-order chi connectivity index (χ0) is 17.8. The quantitative estimate of drug-likeness (QED) is 0.726. The minimum atomic E-state index is -0.535. The highest BCUT2D eigenvalue weighted by molar-refractivity contribution is 6.30. The molecular weight excluding hydrogens is 345 g/mol. The summed E-state index contributed by atoms with van der Waals surface area (Å²) in [5, 5.41) is 14.6. The lowest BCUT2D eigenvalue weighted by atomic mass is 10.2. The number of carbonyl (C=O) groups excluding carboxylic acids is 1. The summed E-state index contributed by atoms with van der Waals surface area (Å²) in [6.45, 7) is 1.82. The Labute approximate surface area is 148 Å². The Balaban J connectivity index is 1.68. The Kier molecular flexibility index (Phi) is 4.85. The molecule has 0 aliphatic rings. The van der Waals surface area contributed by atoms with Crippen LogP contribution in [-0.4, -0.2) is 25.9 Å². The van der Waals surface area contributed by atoms with Crippen molar-refractivity contribution in [2.24, 2.45) is 0 Å². The number of aromatic nitrogens is 4. The van der Waals surface area contributed by atoms with Crippen molar-refractivity contribution in [1.82, 2.24) is 20.0 Å². The molecule has 0 fully saturated rings. The summed E-state index contributed by atoms with van der Waals surface area (Å²) in [7, 11) is 0. The standard InChI is InChI=1S/C17H13ClFN5O/c1-11-16(6-7-20-23-11)24-10-13(9-21-24)22-17(25)5-3-12-2-4-14(18)15(19)8-12/h2-10H,1H3,(H,22,25). The van der Waals surface area contributed by atoms with E-state index in [1.807, 2.05) is 6.92 Å². The summed E-state index contributed by atoms with van der Waals surface area (Å²) in [6, 6.07) is 6.08. The van der Waals surface area contributed by atoms with Crippen LogP contribution in [0.4, 0.5) is 10.1 Å². The molecule has 8 heteroatoms. The maximum absolute atomic E-state index is 13.4. The maximum Gasteiger partial charge on any atom is 0.248 e. The van der Waals surface area contributed by atoms with Crippen molar-refractivity contribution in [2.45, 2.75) is 6.92 Å². The van der Waals surface area contributed by atoms with Gasteiger partial charge in [-0.25, -0.2) is 9.07 Å². The number of halogens is 2. The van der Waals surface area contributed by atoms with Gasteiger partial charge in [-0.05, 0) is 36.8 Å². The second-order valence-electron chi connectivity index (χ2n) is 5.17. The second-order valence-corrected chi connectivity index (χ2v) is 5.58. The van der Waals surface area contributed by atoms with Crippen LogP contribution in [0.5, 0.6) is 0 Å². The molecule has 1 aromatic carbocycles. The van der Waals surface area contributed by atoms with Gasteiger partial charge in [0.15, 0.2) is 0 Å². The Morgan fingerprint density at radius 2 is 2.20 bits per heavy atom. The molecule has 0 saturated carbocycles. The van der Waals surface area contributed by atoms with E-state index in [1.54, 1.807) is 29.2 Å². The molecule has 0 saturated heterocycles. The van der Waals surface area contributed by atoms with Crippen LogP contribution in [0, 0.1) is 12.7 Å². The number of aryl methyl sites for hydroxylation is 1. The van der Waals surface area contributed by atoms with Gasteiger partial charge in [-0.2, -0.15) is 15.3 Å². The number of nitrogens with zero attached hydrogens (tertiary/aromatic N) is 4. The van der Waals surface area contributed by atoms with Gasteiger partial charge in [0.1, 0.15) is 5.82 Å². The topological polar surface area (TPSA) is 72.7 Å². The van der Waals surface area contributed by atoms with Gasteiger partial charge < -0.3 is 5.32 Å². The van der Waals surface area contributed by atoms with Gasteiger partial charge in [0.2, 0.25) is 5.91 Å². The molecule has 1 amide bonds. The molecule has 0 aliphatic heterocycles. The molecule has 0 atom stereocenters. The summed E-state index contributed by atoms with van der Waals surface area (Å²) in [4.78, 5) is 12.0. The lowest BCUT2D eigenvalue weighted by Crippen LogP contribution is -2.07. The molecule has 25 heavy (non-hydrogen) atoms. The van der Waals surface area contributed by atoms with Crippen LogP contribution >= 0.6 is 11.6 Å². The van der Waals surface area contributed by atoms with Crippen molar-refractivity contribution >= 4 is 29.3 Å². The van der Waals surface area contributed by atoms with Gasteiger partial charge in [-0.3, -0.25) is 4.79 Å². The number of nitrogens with one attached hydrogen (secondary N) is 1. The molecule has 0 spiro atoms. The minimum absolute atomic E-state index is 0.0370. The monoisotopic (exact) mass is 357 g/mol. The molecule has 0 radical (unpaired) electrons. The summed E-state index contributed by atoms with van der Waals surface area (Å²) < 4.78 is 15.0. The van der Waals surface area contributed by atoms with E-state index in [9.17, 15) is 9.18 Å². The molecule has 1 N–H and O–H groups in total. The van der Waals surface area contributed by atoms with E-state index < -0.39 is 5.82 Å². The Morgan fingerprint density at radius 1 is 1.36 bits per heavy atom. The molecule has 0 bridgehead atoms. The molecular formula is C17H13ClFN5O. The number of amides is 1. The predicted octanol–water partition coefficient (Wildman–Crippen LogP) is 3.42. The van der Waals surface area contributed by atoms with Crippen molar-refractivity contribution < 1.29 is 9.18 Å². The van der Waals surface area contributed by atoms with E-state index in [0.717, 1.165) is 5.69 Å². The number of rotatable bonds is 4. The fourth-order valence-corrected chi connectivity index (χ4v) is 2.25. The minimum Gasteiger partial charge on any atom is -0.320 e. The Morgan fingerprint density at radius 3 is 2.96 bits per heavy atom. The van der Waals surface area contributed by atoms with Crippen molar-refractivity contribution in [3.8, 4) is 5.69 Å². The summed E-state index contributed by atoms with van der Waals surface area (Å²) in [5.41, 5.74) is 2.54. The van der Waals surface area contributed by atoms with Crippen molar-refractivity contribution in [3.63, 3.8) is 0 Å². The molecule has 6 nitrogen and oxygen atoms in total. The number of hydrogen-bond donors (Lipinski definition) is 1. The van der Waals surface area contributed by atoms with E-state index >= 15 is 0 Å². The third-order valence-corrected chi connectivity index (χ3v) is 3.65. The van der Waals surface area contributed by atoms with Gasteiger partial charge in [0.25, 0.3) is 0 Å². The lowest BCUT2D eigenvalue weighted by molar-refractivity contribution is -0.111. The van der Waals surface area contributed by atoms with Gasteiger partial charge >= 0.3 is 0 Å². The van der Waals surface area contributed by atoms with Crippen LogP contribution in [-0.2, 0) is 4.79 Å². The third-order valence-electron chi connectivity index (χ3n) is 3.35. The Hall–Kier alpha value is -3.06. The predicted molar refractivity (Wildman–Crippen MR) is 93.0 cm³/mol. The van der Waals surface area contributed by atoms with E-state index in [0.29, 0.717) is 16.9 Å². The first-order valence-electron chi connectivity index (χ1n) is 7.30. The van der Waals surface area contributed by atoms with Gasteiger partial charge in [0, 0.05) is 6.08 Å². The van der Waals surface area contributed by atoms with E-state index in [1.165, 1.54) is 30.5 Å². The average molecular weight is 358 g/mol. The van der Waals surface area contributed by atoms with Crippen LogP contribution < -0.4 is 5.32 Å². The molecule has 0 aliphatic carbocycles. The SMILES string of the molecule is Cc1nnccc1-n1cc(NC(=O)C=Cc2ccc(Cl)c(F)c2)cn1. The molecule has 2 heterocycles. The third kappa shape index (κ3) is 4.07. The number of carbonyl (C=O) groups is 1. The molecule has 2 aromatic heterocycles. The zero-order valence-corrected chi connectivity index (χ0v) is 13.9. The maximum atomic E-state index is 13.4. The first-order chi connectivity index (χ1) is 12.0. The van der Waals surface area contributed by atoms with Crippen LogP contribution in [0.2, 0.25) is 5.02 Å². The zero-order valence-electron chi connectivity index (χ0n) is 13.1. The largest absolute Gasteiger partial charge is 0.320 e. The van der Waals surface area contributed by atoms with Crippen molar-refractivity contribution in [1.29, 1.82) is 0 Å². The van der Waals surface area contributed by atoms with Crippen LogP contribution in [0.15, 0.2) is 48.9 Å². The first kappa shape index (κ1) is 16.8. The highest BCUT2D eigenvalue weighted by Gasteiger charge is 2.06. The van der Waals surface area contributed by atoms with Crippen molar-refractivity contribution in [2.75, 3.05) is 5.32 Å². The smallest absolute Gasteiger partial charge is 0.248 e. The van der Waals surface area contributed by atoms with Crippen LogP contribution in [0.1, 0.15) is 11.3 Å². The highest BCUT2D eigenvalue weighted by Crippen LogP contribution is 2.17. The van der Waals surface area contributed by atoms with E-state index in [-0.39, 0.29) is 10.9 Å². The number of anilines is 1. The number of hydrogen-bond acceptors (Lipinski definition) is 4. The van der Waals surface area contributed by atoms with Crippen LogP contribution in [0.3, 0.4) is 0 Å². The fraction of sp³-hybridized carbons (Fsp3) is 0.0588. The summed E-state index contributed by atoms with van der Waals surface area (Å²) in [6.07, 6.45) is 7.55. The molecule has 126 valence electrons. The normalized spacial score (nSPS) is 11.0. The summed E-state index contributed by atoms with van der Waals surface area (Å²) in [5.74, 6) is -0.897. The van der Waals surface area contributed by atoms with Gasteiger partial charge in [-0.15, -0.1) is 0 Å². The first-order valence-corrected chi connectivity index (χ1v) is 7.68. The Bertz CT molecular complexity index is 954. The fourth-order valence-electron chi connectivity index (χ4n) is 2.13. The van der Waals surface area contributed by atoms with E-state index in [4.69, 9.17) is 11.6 Å². The molecule has 3 aromatic rings. The lowest BCUT2D eigenvalue weighted by Gasteiger charge is -2.02. The summed E-state index contributed by atoms with van der Waals surface area (Å²) >= 11 is 5.62. The van der Waals surface area contributed by atoms with Gasteiger partial charge in [0.05, 0.1) is 40.7 Å². The molecule has 3 rings (SSSR count). The second kappa shape index (κ2) is 7.23. The van der Waals surface area contributed by atoms with Crippen LogP contribution in [0.25, 0.3) is 11.8 Å². The number of benzene rings is 1. The van der Waals surface area contributed by atoms with E-state index in [2.05, 4.69) is 20.6 Å². The van der Waals surface area contributed by atoms with Crippen molar-refractivity contribution in [3.05, 3.63) is 71.0 Å². The van der Waals surface area contributed by atoms with Gasteiger partial charge in [-0.1, -0.05) is 17.7 Å². The average Bonchev–Trinajstić information content (AvgIpc) is 3.04.